The molecule has 1 atom stereocenters. The molecule has 0 bridgehead atoms. The lowest BCUT2D eigenvalue weighted by molar-refractivity contribution is 0.0808. The largest absolute Gasteiger partial charge is 0.297 e. The van der Waals surface area contributed by atoms with Crippen LogP contribution < -0.4 is 0 Å². The average molecular weight is 435 g/mol. The molecular formula is C19H26N6O2S2. The first-order valence-electron chi connectivity index (χ1n) is 10.3. The van der Waals surface area contributed by atoms with Crippen LogP contribution in [-0.4, -0.2) is 81.3 Å². The van der Waals surface area contributed by atoms with Crippen LogP contribution in [0, 0.1) is 4.77 Å². The predicted octanol–water partition coefficient (Wildman–Crippen LogP) is 1.57. The SMILES string of the molecule is O=S1(=O)CCC(N2CCN(Cn3nc(-c4ccncc4)n(C4CC4)c3=S)CC2)C1. The van der Waals surface area contributed by atoms with E-state index < -0.39 is 9.84 Å². The molecule has 10 heteroatoms. The zero-order chi connectivity index (χ0) is 20.0. The Labute approximate surface area is 176 Å². The first kappa shape index (κ1) is 19.3. The molecule has 1 saturated carbocycles. The molecule has 2 aromatic rings. The highest BCUT2D eigenvalue weighted by Gasteiger charge is 2.34. The van der Waals surface area contributed by atoms with Crippen molar-refractivity contribution in [1.29, 1.82) is 0 Å². The highest BCUT2D eigenvalue weighted by Crippen LogP contribution is 2.38. The molecule has 0 N–H and O–H groups in total. The Balaban J connectivity index is 1.29. The van der Waals surface area contributed by atoms with Crippen molar-refractivity contribution in [3.05, 3.63) is 29.3 Å². The summed E-state index contributed by atoms with van der Waals surface area (Å²) in [6.45, 7) is 4.27. The van der Waals surface area contributed by atoms with Crippen LogP contribution in [0.2, 0.25) is 0 Å². The summed E-state index contributed by atoms with van der Waals surface area (Å²) in [7, 11) is -2.83. The van der Waals surface area contributed by atoms with Gasteiger partial charge in [-0.15, -0.1) is 0 Å². The highest BCUT2D eigenvalue weighted by atomic mass is 32.2. The zero-order valence-corrected chi connectivity index (χ0v) is 18.0. The maximum atomic E-state index is 11.8. The van der Waals surface area contributed by atoms with E-state index in [1.807, 2.05) is 16.8 Å². The van der Waals surface area contributed by atoms with Crippen molar-refractivity contribution >= 4 is 22.1 Å². The molecule has 3 aliphatic rings. The summed E-state index contributed by atoms with van der Waals surface area (Å²) < 4.78 is 28.5. The van der Waals surface area contributed by atoms with Crippen LogP contribution in [0.5, 0.6) is 0 Å². The number of hydrogen-bond donors (Lipinski definition) is 0. The number of hydrogen-bond acceptors (Lipinski definition) is 7. The molecule has 1 aliphatic carbocycles. The first-order chi connectivity index (χ1) is 14.0. The molecule has 156 valence electrons. The number of sulfone groups is 1. The van der Waals surface area contributed by atoms with E-state index in [1.54, 1.807) is 12.4 Å². The van der Waals surface area contributed by atoms with Crippen molar-refractivity contribution in [2.75, 3.05) is 37.7 Å². The minimum Gasteiger partial charge on any atom is -0.297 e. The van der Waals surface area contributed by atoms with Gasteiger partial charge in [0.2, 0.25) is 0 Å². The second-order valence-electron chi connectivity index (χ2n) is 8.30. The Morgan fingerprint density at radius 2 is 1.76 bits per heavy atom. The minimum atomic E-state index is -2.83. The smallest absolute Gasteiger partial charge is 0.199 e. The van der Waals surface area contributed by atoms with Crippen molar-refractivity contribution in [1.82, 2.24) is 29.1 Å². The maximum Gasteiger partial charge on any atom is 0.199 e. The lowest BCUT2D eigenvalue weighted by atomic mass is 10.2. The maximum absolute atomic E-state index is 11.8. The van der Waals surface area contributed by atoms with Gasteiger partial charge in [-0.05, 0) is 43.6 Å². The molecule has 0 radical (unpaired) electrons. The van der Waals surface area contributed by atoms with Gasteiger partial charge in [-0.3, -0.25) is 19.4 Å². The molecule has 3 fully saturated rings. The van der Waals surface area contributed by atoms with Gasteiger partial charge < -0.3 is 0 Å². The highest BCUT2D eigenvalue weighted by molar-refractivity contribution is 7.91. The van der Waals surface area contributed by atoms with Gasteiger partial charge in [-0.25, -0.2) is 13.1 Å². The van der Waals surface area contributed by atoms with Crippen molar-refractivity contribution in [2.24, 2.45) is 0 Å². The predicted molar refractivity (Wildman–Crippen MR) is 113 cm³/mol. The van der Waals surface area contributed by atoms with Crippen molar-refractivity contribution in [3.8, 4) is 11.4 Å². The molecule has 0 amide bonds. The molecule has 8 nitrogen and oxygen atoms in total. The fourth-order valence-corrected chi connectivity index (χ4v) is 6.49. The summed E-state index contributed by atoms with van der Waals surface area (Å²) >= 11 is 5.78. The second kappa shape index (κ2) is 7.57. The van der Waals surface area contributed by atoms with Gasteiger partial charge in [0.05, 0.1) is 18.2 Å². The van der Waals surface area contributed by atoms with Crippen LogP contribution in [0.25, 0.3) is 11.4 Å². The Kier molecular flexibility index (Phi) is 5.05. The van der Waals surface area contributed by atoms with E-state index in [9.17, 15) is 8.42 Å². The Morgan fingerprint density at radius 1 is 1.03 bits per heavy atom. The third kappa shape index (κ3) is 4.03. The Morgan fingerprint density at radius 3 is 2.38 bits per heavy atom. The summed E-state index contributed by atoms with van der Waals surface area (Å²) in [4.78, 5) is 8.81. The summed E-state index contributed by atoms with van der Waals surface area (Å²) in [6.07, 6.45) is 6.66. The summed E-state index contributed by atoms with van der Waals surface area (Å²) in [5.74, 6) is 1.58. The number of nitrogens with zero attached hydrogens (tertiary/aromatic N) is 6. The first-order valence-corrected chi connectivity index (χ1v) is 12.5. The zero-order valence-electron chi connectivity index (χ0n) is 16.4. The fraction of sp³-hybridized carbons (Fsp3) is 0.632. The molecule has 2 aromatic heterocycles. The Hall–Kier alpha value is -1.62. The van der Waals surface area contributed by atoms with Gasteiger partial charge in [0.1, 0.15) is 0 Å². The van der Waals surface area contributed by atoms with Crippen LogP contribution in [0.1, 0.15) is 25.3 Å². The third-order valence-electron chi connectivity index (χ3n) is 6.19. The van der Waals surface area contributed by atoms with Crippen LogP contribution in [0.15, 0.2) is 24.5 Å². The lowest BCUT2D eigenvalue weighted by Crippen LogP contribution is -2.51. The van der Waals surface area contributed by atoms with Crippen LogP contribution >= 0.6 is 12.2 Å². The van der Waals surface area contributed by atoms with Crippen molar-refractivity contribution in [2.45, 2.75) is 38.0 Å². The molecule has 4 heterocycles. The van der Waals surface area contributed by atoms with Gasteiger partial charge >= 0.3 is 0 Å². The average Bonchev–Trinajstić information content (AvgIpc) is 3.42. The number of pyridine rings is 1. The van der Waals surface area contributed by atoms with E-state index in [0.717, 1.165) is 61.6 Å². The van der Waals surface area contributed by atoms with E-state index in [2.05, 4.69) is 19.4 Å². The molecule has 5 rings (SSSR count). The van der Waals surface area contributed by atoms with Crippen LogP contribution in [0.3, 0.4) is 0 Å². The summed E-state index contributed by atoms with van der Waals surface area (Å²) in [5.41, 5.74) is 1.05. The Bertz CT molecular complexity index is 1040. The monoisotopic (exact) mass is 434 g/mol. The van der Waals surface area contributed by atoms with Gasteiger partial charge in [0.15, 0.2) is 20.4 Å². The minimum absolute atomic E-state index is 0.191. The quantitative estimate of drug-likeness (QED) is 0.661. The van der Waals surface area contributed by atoms with E-state index >= 15 is 0 Å². The van der Waals surface area contributed by atoms with E-state index in [0.29, 0.717) is 24.2 Å². The summed E-state index contributed by atoms with van der Waals surface area (Å²) in [5, 5.41) is 4.86. The van der Waals surface area contributed by atoms with E-state index in [-0.39, 0.29) is 6.04 Å². The standard InChI is InChI=1S/C19H26N6O2S2/c26-29(27)12-5-17(13-29)23-10-8-22(9-11-23)14-24-19(28)25(16-1-2-16)18(21-24)15-3-6-20-7-4-15/h3-4,6-7,16-17H,1-2,5,8-14H2. The van der Waals surface area contributed by atoms with Crippen LogP contribution in [-0.2, 0) is 16.5 Å². The summed E-state index contributed by atoms with van der Waals surface area (Å²) in [6, 6.07) is 4.61. The normalized spacial score (nSPS) is 25.4. The molecule has 0 aromatic carbocycles. The molecule has 1 unspecified atom stereocenters. The van der Waals surface area contributed by atoms with Crippen molar-refractivity contribution < 1.29 is 8.42 Å². The molecule has 29 heavy (non-hydrogen) atoms. The number of rotatable bonds is 5. The van der Waals surface area contributed by atoms with Crippen molar-refractivity contribution in [3.63, 3.8) is 0 Å². The number of piperazine rings is 1. The van der Waals surface area contributed by atoms with Gasteiger partial charge in [0.25, 0.3) is 0 Å². The third-order valence-corrected chi connectivity index (χ3v) is 8.34. The molecule has 0 spiro atoms. The number of aromatic nitrogens is 4. The second-order valence-corrected chi connectivity index (χ2v) is 10.9. The van der Waals surface area contributed by atoms with E-state index in [1.165, 1.54) is 0 Å². The molecule has 2 saturated heterocycles. The van der Waals surface area contributed by atoms with Gasteiger partial charge in [-0.2, -0.15) is 5.10 Å². The lowest BCUT2D eigenvalue weighted by Gasteiger charge is -2.37. The van der Waals surface area contributed by atoms with E-state index in [4.69, 9.17) is 17.3 Å². The molecule has 2 aliphatic heterocycles. The van der Waals surface area contributed by atoms with Gasteiger partial charge in [-0.1, -0.05) is 0 Å². The molecular weight excluding hydrogens is 408 g/mol. The van der Waals surface area contributed by atoms with Gasteiger partial charge in [0, 0.05) is 56.2 Å². The topological polar surface area (TPSA) is 76.3 Å². The fourth-order valence-electron chi connectivity index (χ4n) is 4.39. The van der Waals surface area contributed by atoms with Crippen LogP contribution in [0.4, 0.5) is 0 Å².